The molecule has 3 aliphatic heterocycles. The van der Waals surface area contributed by atoms with E-state index in [1.165, 1.54) is 4.90 Å². The molecule has 8 heteroatoms. The summed E-state index contributed by atoms with van der Waals surface area (Å²) in [6.45, 7) is 4.08. The number of guanidine groups is 1. The Hall–Kier alpha value is -3.39. The van der Waals surface area contributed by atoms with Gasteiger partial charge in [0.25, 0.3) is 5.91 Å². The number of nitrogens with zero attached hydrogens (tertiary/aromatic N) is 6. The van der Waals surface area contributed by atoms with Gasteiger partial charge in [-0.1, -0.05) is 42.5 Å². The third-order valence-electron chi connectivity index (χ3n) is 6.70. The molecule has 2 aromatic rings. The molecule has 5 rings (SSSR count). The van der Waals surface area contributed by atoms with Crippen LogP contribution < -0.4 is 0 Å². The van der Waals surface area contributed by atoms with Gasteiger partial charge in [0.15, 0.2) is 12.2 Å². The predicted molar refractivity (Wildman–Crippen MR) is 128 cm³/mol. The minimum Gasteiger partial charge on any atom is -0.315 e. The summed E-state index contributed by atoms with van der Waals surface area (Å²) in [4.78, 5) is 41.0. The molecule has 1 fully saturated rings. The van der Waals surface area contributed by atoms with Gasteiger partial charge in [-0.05, 0) is 50.3 Å². The number of carbonyl (C=O) groups excluding carboxylic acids is 2. The third-order valence-corrected chi connectivity index (χ3v) is 6.70. The zero-order valence-corrected chi connectivity index (χ0v) is 19.6. The summed E-state index contributed by atoms with van der Waals surface area (Å²) >= 11 is 0. The van der Waals surface area contributed by atoms with Gasteiger partial charge >= 0.3 is 6.03 Å². The Morgan fingerprint density at radius 1 is 1.03 bits per heavy atom. The lowest BCUT2D eigenvalue weighted by molar-refractivity contribution is -0.137. The van der Waals surface area contributed by atoms with Crippen molar-refractivity contribution < 1.29 is 9.59 Å². The molecular weight excluding hydrogens is 416 g/mol. The van der Waals surface area contributed by atoms with E-state index in [9.17, 15) is 9.59 Å². The molecule has 0 bridgehead atoms. The lowest BCUT2D eigenvalue weighted by Gasteiger charge is -2.40. The molecule has 3 heterocycles. The fourth-order valence-electron chi connectivity index (χ4n) is 4.97. The largest absolute Gasteiger partial charge is 0.328 e. The van der Waals surface area contributed by atoms with E-state index in [-0.39, 0.29) is 18.5 Å². The molecule has 172 valence electrons. The molecule has 3 aliphatic rings. The van der Waals surface area contributed by atoms with Gasteiger partial charge in [0.1, 0.15) is 0 Å². The van der Waals surface area contributed by atoms with Crippen molar-refractivity contribution in [3.8, 4) is 0 Å². The fourth-order valence-corrected chi connectivity index (χ4v) is 4.97. The monoisotopic (exact) mass is 446 g/mol. The van der Waals surface area contributed by atoms with Gasteiger partial charge in [-0.15, -0.1) is 0 Å². The first-order valence-electron chi connectivity index (χ1n) is 11.4. The van der Waals surface area contributed by atoms with Crippen LogP contribution in [0.5, 0.6) is 0 Å². The first-order chi connectivity index (χ1) is 15.9. The van der Waals surface area contributed by atoms with Gasteiger partial charge in [0.05, 0.1) is 6.54 Å². The van der Waals surface area contributed by atoms with Gasteiger partial charge in [0, 0.05) is 25.5 Å². The predicted octanol–water partition coefficient (Wildman–Crippen LogP) is 2.73. The molecule has 0 saturated carbocycles. The molecule has 3 amide bonds. The Labute approximate surface area is 194 Å². The second-order valence-electron chi connectivity index (χ2n) is 9.23. The number of rotatable bonds is 6. The summed E-state index contributed by atoms with van der Waals surface area (Å²) in [5, 5.41) is 2.15. The van der Waals surface area contributed by atoms with Crippen molar-refractivity contribution in [2.24, 2.45) is 4.99 Å². The Kier molecular flexibility index (Phi) is 5.32. The highest BCUT2D eigenvalue weighted by molar-refractivity contribution is 6.05. The molecule has 0 aliphatic carbocycles. The summed E-state index contributed by atoms with van der Waals surface area (Å²) in [5.41, 5.74) is 2.03. The Balaban J connectivity index is 1.41. The van der Waals surface area contributed by atoms with Crippen LogP contribution in [-0.2, 0) is 11.3 Å². The van der Waals surface area contributed by atoms with E-state index in [0.29, 0.717) is 0 Å². The van der Waals surface area contributed by atoms with E-state index in [4.69, 9.17) is 4.99 Å². The lowest BCUT2D eigenvalue weighted by Crippen LogP contribution is -2.63. The van der Waals surface area contributed by atoms with Crippen molar-refractivity contribution in [3.05, 3.63) is 59.9 Å². The molecule has 2 aromatic carbocycles. The van der Waals surface area contributed by atoms with E-state index in [0.717, 1.165) is 47.5 Å². The van der Waals surface area contributed by atoms with Crippen molar-refractivity contribution in [1.82, 2.24) is 24.5 Å². The molecule has 1 saturated heterocycles. The molecule has 2 atom stereocenters. The number of likely N-dealkylation sites (N-methyl/N-ethyl adjacent to an activating group) is 1. The lowest BCUT2D eigenvalue weighted by atomic mass is 10.0. The quantitative estimate of drug-likeness (QED) is 0.683. The second kappa shape index (κ2) is 8.19. The van der Waals surface area contributed by atoms with Gasteiger partial charge in [-0.25, -0.2) is 9.79 Å². The molecule has 0 aromatic heterocycles. The normalized spacial score (nSPS) is 22.3. The number of fused-ring (bicyclic) bond motifs is 4. The molecule has 33 heavy (non-hydrogen) atoms. The van der Waals surface area contributed by atoms with Crippen molar-refractivity contribution in [2.45, 2.75) is 32.1 Å². The molecule has 2 unspecified atom stereocenters. The number of benzene rings is 2. The van der Waals surface area contributed by atoms with E-state index in [1.54, 1.807) is 11.9 Å². The van der Waals surface area contributed by atoms with Gasteiger partial charge in [-0.2, -0.15) is 0 Å². The van der Waals surface area contributed by atoms with Crippen LogP contribution in [0.4, 0.5) is 4.79 Å². The van der Waals surface area contributed by atoms with Gasteiger partial charge in [-0.3, -0.25) is 9.69 Å². The van der Waals surface area contributed by atoms with Crippen LogP contribution in [0.25, 0.3) is 10.8 Å². The minimum atomic E-state index is -0.536. The maximum absolute atomic E-state index is 13.7. The maximum atomic E-state index is 13.7. The van der Waals surface area contributed by atoms with Crippen LogP contribution in [-0.4, -0.2) is 88.8 Å². The highest BCUT2D eigenvalue weighted by Gasteiger charge is 2.54. The smallest absolute Gasteiger partial charge is 0.315 e. The Morgan fingerprint density at radius 3 is 2.58 bits per heavy atom. The third kappa shape index (κ3) is 3.54. The first-order valence-corrected chi connectivity index (χ1v) is 11.4. The van der Waals surface area contributed by atoms with Crippen molar-refractivity contribution >= 4 is 28.7 Å². The van der Waals surface area contributed by atoms with Crippen LogP contribution in [0, 0.1) is 0 Å². The van der Waals surface area contributed by atoms with Crippen molar-refractivity contribution in [2.75, 3.05) is 34.2 Å². The average Bonchev–Trinajstić information content (AvgIpc) is 3.30. The number of hydrogen-bond acceptors (Lipinski definition) is 6. The molecule has 0 N–H and O–H groups in total. The Bertz CT molecular complexity index is 1170. The van der Waals surface area contributed by atoms with Crippen LogP contribution in [0.2, 0.25) is 0 Å². The van der Waals surface area contributed by atoms with Gasteiger partial charge < -0.3 is 19.6 Å². The van der Waals surface area contributed by atoms with E-state index < -0.39 is 12.2 Å². The number of imide groups is 1. The van der Waals surface area contributed by atoms with E-state index in [2.05, 4.69) is 23.9 Å². The highest BCUT2D eigenvalue weighted by atomic mass is 16.2. The van der Waals surface area contributed by atoms with Crippen LogP contribution in [0.15, 0.2) is 59.4 Å². The summed E-state index contributed by atoms with van der Waals surface area (Å²) in [6.07, 6.45) is 2.47. The standard InChI is InChI=1S/C25H30N6O2/c1-17-15-30-21-22(26-24(30)29(17)14-8-13-27(2)3)28(4)25(33)31(23(21)32)16-19-11-7-10-18-9-5-6-12-20(18)19/h5-7,9-12,15,21-22H,8,13-14,16H2,1-4H3. The maximum Gasteiger partial charge on any atom is 0.328 e. The summed E-state index contributed by atoms with van der Waals surface area (Å²) in [6, 6.07) is 13.2. The molecule has 0 radical (unpaired) electrons. The topological polar surface area (TPSA) is 62.7 Å². The first kappa shape index (κ1) is 21.5. The van der Waals surface area contributed by atoms with E-state index in [1.807, 2.05) is 60.5 Å². The zero-order valence-electron chi connectivity index (χ0n) is 19.6. The number of allylic oxidation sites excluding steroid dienone is 1. The molecular formula is C25H30N6O2. The second-order valence-corrected chi connectivity index (χ2v) is 9.23. The van der Waals surface area contributed by atoms with E-state index >= 15 is 0 Å². The number of carbonyl (C=O) groups is 2. The number of hydrogen-bond donors (Lipinski definition) is 0. The molecule has 0 spiro atoms. The number of aliphatic imine (C=N–C) groups is 1. The summed E-state index contributed by atoms with van der Waals surface area (Å²) in [5.74, 6) is 0.565. The van der Waals surface area contributed by atoms with Crippen molar-refractivity contribution in [1.29, 1.82) is 0 Å². The summed E-state index contributed by atoms with van der Waals surface area (Å²) in [7, 11) is 5.86. The minimum absolute atomic E-state index is 0.200. The summed E-state index contributed by atoms with van der Waals surface area (Å²) < 4.78 is 0. The van der Waals surface area contributed by atoms with Crippen LogP contribution >= 0.6 is 0 Å². The highest BCUT2D eigenvalue weighted by Crippen LogP contribution is 2.35. The SMILES string of the molecule is CC1=CN2C(=NC3C2C(=O)N(Cc2cccc4ccccc24)C(=O)N3C)N1CCCN(C)C. The number of urea groups is 1. The number of amides is 3. The van der Waals surface area contributed by atoms with Gasteiger partial charge in [0.2, 0.25) is 5.96 Å². The average molecular weight is 447 g/mol. The fraction of sp³-hybridized carbons (Fsp3) is 0.400. The molecule has 8 nitrogen and oxygen atoms in total. The van der Waals surface area contributed by atoms with Crippen molar-refractivity contribution in [3.63, 3.8) is 0 Å². The van der Waals surface area contributed by atoms with Crippen LogP contribution in [0.3, 0.4) is 0 Å². The Morgan fingerprint density at radius 2 is 1.79 bits per heavy atom. The van der Waals surface area contributed by atoms with Crippen LogP contribution in [0.1, 0.15) is 18.9 Å². The zero-order chi connectivity index (χ0) is 23.3.